The number of methoxy groups -OCH3 is 1. The van der Waals surface area contributed by atoms with Gasteiger partial charge < -0.3 is 14.2 Å². The molecule has 4 heteroatoms. The summed E-state index contributed by atoms with van der Waals surface area (Å²) in [6.07, 6.45) is 0. The zero-order chi connectivity index (χ0) is 12.0. The van der Waals surface area contributed by atoms with E-state index in [2.05, 4.69) is 0 Å². The van der Waals surface area contributed by atoms with Crippen LogP contribution >= 0.6 is 0 Å². The summed E-state index contributed by atoms with van der Waals surface area (Å²) in [7, 11) is 1.51. The number of esters is 1. The summed E-state index contributed by atoms with van der Waals surface area (Å²) in [5.74, 6) is 0.717. The molecular formula is C12H16O4. The van der Waals surface area contributed by atoms with E-state index >= 15 is 0 Å². The summed E-state index contributed by atoms with van der Waals surface area (Å²) in [6, 6.07) is 5.07. The fourth-order valence-electron chi connectivity index (χ4n) is 1.31. The van der Waals surface area contributed by atoms with Crippen LogP contribution in [0, 0.1) is 0 Å². The van der Waals surface area contributed by atoms with Crippen LogP contribution in [0.3, 0.4) is 0 Å². The first kappa shape index (κ1) is 12.4. The Morgan fingerprint density at radius 3 is 2.56 bits per heavy atom. The Hall–Kier alpha value is -1.71. The zero-order valence-electron chi connectivity index (χ0n) is 9.78. The van der Waals surface area contributed by atoms with Gasteiger partial charge in [-0.2, -0.15) is 0 Å². The molecule has 0 saturated carbocycles. The maximum absolute atomic E-state index is 11.6. The van der Waals surface area contributed by atoms with Crippen molar-refractivity contribution in [1.29, 1.82) is 0 Å². The van der Waals surface area contributed by atoms with Gasteiger partial charge in [-0.1, -0.05) is 0 Å². The van der Waals surface area contributed by atoms with Crippen molar-refractivity contribution in [3.8, 4) is 11.5 Å². The summed E-state index contributed by atoms with van der Waals surface area (Å²) in [5, 5.41) is 0. The lowest BCUT2D eigenvalue weighted by Gasteiger charge is -2.10. The third kappa shape index (κ3) is 2.89. The van der Waals surface area contributed by atoms with Crippen LogP contribution < -0.4 is 9.47 Å². The molecule has 0 spiro atoms. The molecule has 16 heavy (non-hydrogen) atoms. The highest BCUT2D eigenvalue weighted by atomic mass is 16.5. The van der Waals surface area contributed by atoms with Crippen molar-refractivity contribution in [3.05, 3.63) is 23.8 Å². The first-order chi connectivity index (χ1) is 7.72. The number of carbonyl (C=O) groups excluding carboxylic acids is 1. The Bertz CT molecular complexity index is 360. The first-order valence-electron chi connectivity index (χ1n) is 5.20. The normalized spacial score (nSPS) is 9.69. The summed E-state index contributed by atoms with van der Waals surface area (Å²) in [6.45, 7) is 4.53. The monoisotopic (exact) mass is 224 g/mol. The Morgan fingerprint density at radius 2 is 2.00 bits per heavy atom. The molecule has 0 aliphatic heterocycles. The standard InChI is InChI=1S/C12H16O4/c1-4-15-9-6-7-11(14-3)10(8-9)12(13)16-5-2/h6-8H,4-5H2,1-3H3. The lowest BCUT2D eigenvalue weighted by Crippen LogP contribution is -2.07. The van der Waals surface area contributed by atoms with Crippen LogP contribution in [0.4, 0.5) is 0 Å². The minimum absolute atomic E-state index is 0.334. The maximum Gasteiger partial charge on any atom is 0.342 e. The van der Waals surface area contributed by atoms with Crippen molar-refractivity contribution in [3.63, 3.8) is 0 Å². The third-order valence-corrected chi connectivity index (χ3v) is 1.98. The van der Waals surface area contributed by atoms with Crippen molar-refractivity contribution in [2.24, 2.45) is 0 Å². The number of hydrogen-bond acceptors (Lipinski definition) is 4. The van der Waals surface area contributed by atoms with Crippen LogP contribution in [-0.2, 0) is 4.74 Å². The molecule has 0 bridgehead atoms. The summed E-state index contributed by atoms with van der Waals surface area (Å²) >= 11 is 0. The molecule has 0 amide bonds. The van der Waals surface area contributed by atoms with Crippen LogP contribution in [0.25, 0.3) is 0 Å². The number of benzene rings is 1. The number of hydrogen-bond donors (Lipinski definition) is 0. The summed E-state index contributed by atoms with van der Waals surface area (Å²) in [5.41, 5.74) is 0.385. The molecule has 0 fully saturated rings. The molecule has 0 N–H and O–H groups in total. The van der Waals surface area contributed by atoms with Crippen LogP contribution in [0.15, 0.2) is 18.2 Å². The molecule has 0 radical (unpaired) electrons. The van der Waals surface area contributed by atoms with Gasteiger partial charge in [-0.25, -0.2) is 4.79 Å². The molecule has 0 unspecified atom stereocenters. The van der Waals surface area contributed by atoms with Gasteiger partial charge in [-0.3, -0.25) is 0 Å². The van der Waals surface area contributed by atoms with Gasteiger partial charge in [0.15, 0.2) is 0 Å². The Balaban J connectivity index is 3.01. The van der Waals surface area contributed by atoms with Gasteiger partial charge in [0, 0.05) is 0 Å². The van der Waals surface area contributed by atoms with Crippen molar-refractivity contribution in [1.82, 2.24) is 0 Å². The highest BCUT2D eigenvalue weighted by Crippen LogP contribution is 2.24. The molecule has 0 aliphatic rings. The lowest BCUT2D eigenvalue weighted by atomic mass is 10.2. The smallest absolute Gasteiger partial charge is 0.342 e. The van der Waals surface area contributed by atoms with Gasteiger partial charge in [0.05, 0.1) is 20.3 Å². The second-order valence-corrected chi connectivity index (χ2v) is 3.02. The molecule has 0 saturated heterocycles. The van der Waals surface area contributed by atoms with Gasteiger partial charge in [0.1, 0.15) is 17.1 Å². The fraction of sp³-hybridized carbons (Fsp3) is 0.417. The highest BCUT2D eigenvalue weighted by Gasteiger charge is 2.14. The zero-order valence-corrected chi connectivity index (χ0v) is 9.78. The van der Waals surface area contributed by atoms with Gasteiger partial charge >= 0.3 is 5.97 Å². The molecule has 0 heterocycles. The highest BCUT2D eigenvalue weighted by molar-refractivity contribution is 5.93. The molecule has 1 rings (SSSR count). The molecule has 1 aromatic carbocycles. The number of carbonyl (C=O) groups is 1. The van der Waals surface area contributed by atoms with Gasteiger partial charge in [0.2, 0.25) is 0 Å². The average molecular weight is 224 g/mol. The number of rotatable bonds is 5. The van der Waals surface area contributed by atoms with Gasteiger partial charge in [0.25, 0.3) is 0 Å². The molecule has 0 aliphatic carbocycles. The fourth-order valence-corrected chi connectivity index (χ4v) is 1.31. The van der Waals surface area contributed by atoms with E-state index in [0.717, 1.165) is 0 Å². The first-order valence-corrected chi connectivity index (χ1v) is 5.20. The van der Waals surface area contributed by atoms with Gasteiger partial charge in [-0.05, 0) is 32.0 Å². The van der Waals surface area contributed by atoms with E-state index < -0.39 is 5.97 Å². The van der Waals surface area contributed by atoms with E-state index in [9.17, 15) is 4.79 Å². The van der Waals surface area contributed by atoms with Crippen LogP contribution in [0.1, 0.15) is 24.2 Å². The van der Waals surface area contributed by atoms with Crippen molar-refractivity contribution in [2.75, 3.05) is 20.3 Å². The van der Waals surface area contributed by atoms with Crippen molar-refractivity contribution >= 4 is 5.97 Å². The van der Waals surface area contributed by atoms with E-state index in [0.29, 0.717) is 30.3 Å². The number of ether oxygens (including phenoxy) is 3. The maximum atomic E-state index is 11.6. The van der Waals surface area contributed by atoms with Gasteiger partial charge in [-0.15, -0.1) is 0 Å². The van der Waals surface area contributed by atoms with Crippen molar-refractivity contribution < 1.29 is 19.0 Å². The SMILES string of the molecule is CCOC(=O)c1cc(OCC)ccc1OC. The third-order valence-electron chi connectivity index (χ3n) is 1.98. The Labute approximate surface area is 95.1 Å². The Kier molecular flexibility index (Phi) is 4.64. The van der Waals surface area contributed by atoms with E-state index in [1.807, 2.05) is 6.92 Å². The van der Waals surface area contributed by atoms with Crippen LogP contribution in [0.2, 0.25) is 0 Å². The quantitative estimate of drug-likeness (QED) is 0.720. The topological polar surface area (TPSA) is 44.8 Å². The molecule has 0 atom stereocenters. The predicted molar refractivity (Wildman–Crippen MR) is 60.1 cm³/mol. The predicted octanol–water partition coefficient (Wildman–Crippen LogP) is 2.27. The summed E-state index contributed by atoms with van der Waals surface area (Å²) < 4.78 is 15.3. The second-order valence-electron chi connectivity index (χ2n) is 3.02. The summed E-state index contributed by atoms with van der Waals surface area (Å²) in [4.78, 5) is 11.6. The Morgan fingerprint density at radius 1 is 1.25 bits per heavy atom. The van der Waals surface area contributed by atoms with E-state index in [-0.39, 0.29) is 0 Å². The van der Waals surface area contributed by atoms with Crippen LogP contribution in [-0.4, -0.2) is 26.3 Å². The van der Waals surface area contributed by atoms with Crippen molar-refractivity contribution in [2.45, 2.75) is 13.8 Å². The van der Waals surface area contributed by atoms with Crippen LogP contribution in [0.5, 0.6) is 11.5 Å². The molecule has 4 nitrogen and oxygen atoms in total. The van der Waals surface area contributed by atoms with E-state index in [4.69, 9.17) is 14.2 Å². The van der Waals surface area contributed by atoms with E-state index in [1.165, 1.54) is 7.11 Å². The van der Waals surface area contributed by atoms with E-state index in [1.54, 1.807) is 25.1 Å². The largest absolute Gasteiger partial charge is 0.496 e. The average Bonchev–Trinajstić information content (AvgIpc) is 2.30. The minimum Gasteiger partial charge on any atom is -0.496 e. The molecular weight excluding hydrogens is 208 g/mol. The minimum atomic E-state index is -0.402. The molecule has 0 aromatic heterocycles. The lowest BCUT2D eigenvalue weighted by molar-refractivity contribution is 0.0522. The second kappa shape index (κ2) is 6.00. The molecule has 88 valence electrons. The molecule has 1 aromatic rings.